The fraction of sp³-hybridized carbons (Fsp3) is 0.350. The van der Waals surface area contributed by atoms with E-state index in [-0.39, 0.29) is 5.78 Å². The van der Waals surface area contributed by atoms with Crippen LogP contribution in [0.15, 0.2) is 42.5 Å². The second-order valence-corrected chi connectivity index (χ2v) is 7.09. The molecule has 0 spiro atoms. The highest BCUT2D eigenvalue weighted by atomic mass is 32.1. The maximum Gasteiger partial charge on any atom is 0.185 e. The van der Waals surface area contributed by atoms with Crippen molar-refractivity contribution in [2.45, 2.75) is 38.5 Å². The number of ketones is 1. The number of thiophene rings is 1. The van der Waals surface area contributed by atoms with E-state index in [4.69, 9.17) is 4.74 Å². The van der Waals surface area contributed by atoms with Crippen LogP contribution < -0.4 is 4.74 Å². The molecule has 1 aliphatic rings. The Morgan fingerprint density at radius 3 is 2.70 bits per heavy atom. The van der Waals surface area contributed by atoms with Crippen LogP contribution in [-0.2, 0) is 0 Å². The van der Waals surface area contributed by atoms with Gasteiger partial charge >= 0.3 is 0 Å². The molecule has 0 amide bonds. The van der Waals surface area contributed by atoms with Gasteiger partial charge in [0.1, 0.15) is 5.75 Å². The van der Waals surface area contributed by atoms with Crippen LogP contribution in [0.5, 0.6) is 5.75 Å². The van der Waals surface area contributed by atoms with Crippen LogP contribution in [0.1, 0.15) is 58.6 Å². The maximum absolute atomic E-state index is 12.2. The van der Waals surface area contributed by atoms with Gasteiger partial charge in [-0.05, 0) is 73.7 Å². The van der Waals surface area contributed by atoms with Crippen LogP contribution >= 0.6 is 11.3 Å². The highest BCUT2D eigenvalue weighted by Crippen LogP contribution is 2.43. The summed E-state index contributed by atoms with van der Waals surface area (Å²) in [5.74, 6) is 1.64. The number of carbonyl (C=O) groups excluding carboxylic acids is 1. The van der Waals surface area contributed by atoms with Gasteiger partial charge < -0.3 is 4.74 Å². The van der Waals surface area contributed by atoms with E-state index in [9.17, 15) is 4.79 Å². The number of allylic oxidation sites excluding steroid dienone is 1. The molecule has 1 aliphatic carbocycles. The minimum atomic E-state index is 0.0338. The van der Waals surface area contributed by atoms with Crippen LogP contribution in [0.25, 0.3) is 6.08 Å². The van der Waals surface area contributed by atoms with Gasteiger partial charge in [-0.2, -0.15) is 0 Å². The van der Waals surface area contributed by atoms with Crippen molar-refractivity contribution in [3.63, 3.8) is 0 Å². The number of rotatable bonds is 8. The standard InChI is InChI=1S/C20H22O2S/c1-2-3-14-22-17-8-6-15(7-9-17)19(21)12-10-18-11-13-20(23-18)16-4-5-16/h6-13,16H,2-5,14H2,1H3/b12-10+. The molecule has 3 rings (SSSR count). The minimum absolute atomic E-state index is 0.0338. The van der Waals surface area contributed by atoms with E-state index in [0.717, 1.165) is 36.0 Å². The van der Waals surface area contributed by atoms with E-state index >= 15 is 0 Å². The zero-order chi connectivity index (χ0) is 16.1. The summed E-state index contributed by atoms with van der Waals surface area (Å²) in [6, 6.07) is 11.7. The van der Waals surface area contributed by atoms with Crippen molar-refractivity contribution in [2.75, 3.05) is 6.61 Å². The van der Waals surface area contributed by atoms with Crippen molar-refractivity contribution in [3.8, 4) is 5.75 Å². The SMILES string of the molecule is CCCCOc1ccc(C(=O)/C=C/c2ccc(C3CC3)s2)cc1. The lowest BCUT2D eigenvalue weighted by Crippen LogP contribution is -1.98. The number of hydrogen-bond donors (Lipinski definition) is 0. The summed E-state index contributed by atoms with van der Waals surface area (Å²) in [6.45, 7) is 2.87. The summed E-state index contributed by atoms with van der Waals surface area (Å²) in [6.07, 6.45) is 8.38. The predicted molar refractivity (Wildman–Crippen MR) is 96.5 cm³/mol. The lowest BCUT2D eigenvalue weighted by molar-refractivity contribution is 0.104. The molecular weight excluding hydrogens is 304 g/mol. The van der Waals surface area contributed by atoms with Crippen molar-refractivity contribution >= 4 is 23.2 Å². The third-order valence-electron chi connectivity index (χ3n) is 3.93. The molecule has 2 aromatic rings. The van der Waals surface area contributed by atoms with Crippen molar-refractivity contribution in [3.05, 3.63) is 57.8 Å². The van der Waals surface area contributed by atoms with E-state index in [2.05, 4.69) is 19.1 Å². The maximum atomic E-state index is 12.2. The predicted octanol–water partition coefficient (Wildman–Crippen LogP) is 5.70. The lowest BCUT2D eigenvalue weighted by atomic mass is 10.1. The molecule has 0 aliphatic heterocycles. The van der Waals surface area contributed by atoms with Crippen molar-refractivity contribution < 1.29 is 9.53 Å². The highest BCUT2D eigenvalue weighted by molar-refractivity contribution is 7.13. The van der Waals surface area contributed by atoms with Crippen molar-refractivity contribution in [2.24, 2.45) is 0 Å². The van der Waals surface area contributed by atoms with Crippen LogP contribution in [0.2, 0.25) is 0 Å². The van der Waals surface area contributed by atoms with Gasteiger partial charge in [0, 0.05) is 15.3 Å². The monoisotopic (exact) mass is 326 g/mol. The van der Waals surface area contributed by atoms with E-state index in [1.807, 2.05) is 30.3 Å². The Hall–Kier alpha value is -1.87. The summed E-state index contributed by atoms with van der Waals surface area (Å²) in [7, 11) is 0. The number of benzene rings is 1. The average Bonchev–Trinajstić information content (AvgIpc) is 3.32. The van der Waals surface area contributed by atoms with Gasteiger partial charge in [-0.3, -0.25) is 4.79 Å². The summed E-state index contributed by atoms with van der Waals surface area (Å²) >= 11 is 1.80. The third-order valence-corrected chi connectivity index (χ3v) is 5.14. The molecule has 0 atom stereocenters. The van der Waals surface area contributed by atoms with Gasteiger partial charge in [0.15, 0.2) is 5.78 Å². The Kier molecular flexibility index (Phi) is 5.29. The van der Waals surface area contributed by atoms with Gasteiger partial charge in [-0.25, -0.2) is 0 Å². The third kappa shape index (κ3) is 4.55. The first-order valence-electron chi connectivity index (χ1n) is 8.31. The van der Waals surface area contributed by atoms with Gasteiger partial charge in [-0.15, -0.1) is 11.3 Å². The van der Waals surface area contributed by atoms with Gasteiger partial charge in [0.25, 0.3) is 0 Å². The molecular formula is C20H22O2S. The summed E-state index contributed by atoms with van der Waals surface area (Å²) in [4.78, 5) is 14.8. The van der Waals surface area contributed by atoms with E-state index in [0.29, 0.717) is 5.56 Å². The molecule has 23 heavy (non-hydrogen) atoms. The van der Waals surface area contributed by atoms with E-state index in [1.165, 1.54) is 17.7 Å². The Morgan fingerprint density at radius 2 is 2.00 bits per heavy atom. The molecule has 0 N–H and O–H groups in total. The second-order valence-electron chi connectivity index (χ2n) is 5.94. The molecule has 3 heteroatoms. The Morgan fingerprint density at radius 1 is 1.22 bits per heavy atom. The van der Waals surface area contributed by atoms with Crippen LogP contribution in [0.4, 0.5) is 0 Å². The van der Waals surface area contributed by atoms with E-state index in [1.54, 1.807) is 17.4 Å². The first kappa shape index (κ1) is 16.0. The summed E-state index contributed by atoms with van der Waals surface area (Å²) < 4.78 is 5.61. The highest BCUT2D eigenvalue weighted by Gasteiger charge is 2.24. The van der Waals surface area contributed by atoms with E-state index < -0.39 is 0 Å². The summed E-state index contributed by atoms with van der Waals surface area (Å²) in [5, 5.41) is 0. The largest absolute Gasteiger partial charge is 0.494 e. The molecule has 1 aromatic heterocycles. The van der Waals surface area contributed by atoms with Crippen LogP contribution in [-0.4, -0.2) is 12.4 Å². The van der Waals surface area contributed by atoms with Gasteiger partial charge in [0.05, 0.1) is 6.61 Å². The molecule has 1 saturated carbocycles. The Bertz CT molecular complexity index is 678. The normalized spacial score (nSPS) is 14.3. The van der Waals surface area contributed by atoms with Crippen molar-refractivity contribution in [1.29, 1.82) is 0 Å². The zero-order valence-electron chi connectivity index (χ0n) is 13.5. The number of unbranched alkanes of at least 4 members (excludes halogenated alkanes) is 1. The molecule has 1 fully saturated rings. The number of ether oxygens (including phenoxy) is 1. The number of hydrogen-bond acceptors (Lipinski definition) is 3. The number of carbonyl (C=O) groups is 1. The molecule has 0 radical (unpaired) electrons. The molecule has 1 heterocycles. The Labute approximate surface area is 141 Å². The average molecular weight is 326 g/mol. The van der Waals surface area contributed by atoms with Gasteiger partial charge in [-0.1, -0.05) is 13.3 Å². The summed E-state index contributed by atoms with van der Waals surface area (Å²) in [5.41, 5.74) is 0.697. The topological polar surface area (TPSA) is 26.3 Å². The van der Waals surface area contributed by atoms with Gasteiger partial charge in [0.2, 0.25) is 0 Å². The molecule has 2 nitrogen and oxygen atoms in total. The quantitative estimate of drug-likeness (QED) is 0.353. The smallest absolute Gasteiger partial charge is 0.185 e. The lowest BCUT2D eigenvalue weighted by Gasteiger charge is -2.05. The fourth-order valence-electron chi connectivity index (χ4n) is 2.35. The molecule has 1 aromatic carbocycles. The second kappa shape index (κ2) is 7.60. The molecule has 120 valence electrons. The van der Waals surface area contributed by atoms with Crippen molar-refractivity contribution in [1.82, 2.24) is 0 Å². The minimum Gasteiger partial charge on any atom is -0.494 e. The first-order chi connectivity index (χ1) is 11.3. The van der Waals surface area contributed by atoms with Crippen LogP contribution in [0.3, 0.4) is 0 Å². The van der Waals surface area contributed by atoms with Crippen LogP contribution in [0, 0.1) is 0 Å². The fourth-order valence-corrected chi connectivity index (χ4v) is 3.43. The Balaban J connectivity index is 1.57. The molecule has 0 saturated heterocycles. The zero-order valence-corrected chi connectivity index (χ0v) is 14.3. The first-order valence-corrected chi connectivity index (χ1v) is 9.13. The molecule has 0 unspecified atom stereocenters. The molecule has 0 bridgehead atoms.